The molecule has 1 aromatic rings. The zero-order chi connectivity index (χ0) is 13.5. The molecule has 0 aromatic carbocycles. The van der Waals surface area contributed by atoms with Crippen LogP contribution in [0.15, 0.2) is 18.3 Å². The lowest BCUT2D eigenvalue weighted by Gasteiger charge is -2.14. The smallest absolute Gasteiger partial charge is 0.270 e. The zero-order valence-corrected chi connectivity index (χ0v) is 11.2. The maximum absolute atomic E-state index is 11.9. The SMILES string of the molecule is CC(C)CCC(C)NC(=O)c1ccc(NN)cn1. The molecule has 0 aliphatic carbocycles. The molecule has 0 fully saturated rings. The van der Waals surface area contributed by atoms with E-state index in [4.69, 9.17) is 5.84 Å². The number of nitrogens with two attached hydrogens (primary N) is 1. The molecule has 18 heavy (non-hydrogen) atoms. The number of nitrogens with one attached hydrogen (secondary N) is 2. The summed E-state index contributed by atoms with van der Waals surface area (Å²) in [7, 11) is 0. The molecule has 1 rings (SSSR count). The van der Waals surface area contributed by atoms with E-state index in [1.165, 1.54) is 6.20 Å². The van der Waals surface area contributed by atoms with E-state index >= 15 is 0 Å². The molecule has 0 aliphatic heterocycles. The van der Waals surface area contributed by atoms with Gasteiger partial charge in [0.15, 0.2) is 0 Å². The van der Waals surface area contributed by atoms with Crippen LogP contribution in [0.25, 0.3) is 0 Å². The van der Waals surface area contributed by atoms with Crippen molar-refractivity contribution in [2.24, 2.45) is 11.8 Å². The monoisotopic (exact) mass is 250 g/mol. The molecular weight excluding hydrogens is 228 g/mol. The molecule has 1 unspecified atom stereocenters. The van der Waals surface area contributed by atoms with Crippen LogP contribution in [0.5, 0.6) is 0 Å². The Morgan fingerprint density at radius 2 is 2.06 bits per heavy atom. The third-order valence-electron chi connectivity index (χ3n) is 2.72. The van der Waals surface area contributed by atoms with Crippen molar-refractivity contribution in [3.63, 3.8) is 0 Å². The summed E-state index contributed by atoms with van der Waals surface area (Å²) in [6.45, 7) is 6.36. The lowest BCUT2D eigenvalue weighted by molar-refractivity contribution is 0.0932. The highest BCUT2D eigenvalue weighted by molar-refractivity contribution is 5.92. The van der Waals surface area contributed by atoms with Crippen molar-refractivity contribution in [1.82, 2.24) is 10.3 Å². The fourth-order valence-electron chi connectivity index (χ4n) is 1.57. The quantitative estimate of drug-likeness (QED) is 0.532. The Balaban J connectivity index is 2.48. The number of carbonyl (C=O) groups excluding carboxylic acids is 1. The first-order chi connectivity index (χ1) is 8.52. The summed E-state index contributed by atoms with van der Waals surface area (Å²) in [5.41, 5.74) is 3.56. The second-order valence-electron chi connectivity index (χ2n) is 4.92. The van der Waals surface area contributed by atoms with Crippen molar-refractivity contribution >= 4 is 11.6 Å². The number of carbonyl (C=O) groups is 1. The highest BCUT2D eigenvalue weighted by Gasteiger charge is 2.11. The summed E-state index contributed by atoms with van der Waals surface area (Å²) >= 11 is 0. The number of nitrogen functional groups attached to an aromatic ring is 1. The standard InChI is InChI=1S/C13H22N4O/c1-9(2)4-5-10(3)16-13(18)12-7-6-11(17-14)8-15-12/h6-10,17H,4-5,14H2,1-3H3,(H,16,18). The second kappa shape index (κ2) is 6.96. The molecule has 0 saturated carbocycles. The van der Waals surface area contributed by atoms with Crippen molar-refractivity contribution < 1.29 is 4.79 Å². The van der Waals surface area contributed by atoms with Gasteiger partial charge in [-0.25, -0.2) is 4.98 Å². The number of hydrogen-bond donors (Lipinski definition) is 3. The van der Waals surface area contributed by atoms with Crippen LogP contribution in [0.2, 0.25) is 0 Å². The van der Waals surface area contributed by atoms with Gasteiger partial charge in [-0.3, -0.25) is 10.6 Å². The van der Waals surface area contributed by atoms with E-state index in [1.807, 2.05) is 6.92 Å². The fraction of sp³-hybridized carbons (Fsp3) is 0.538. The number of hydrazine groups is 1. The minimum atomic E-state index is -0.144. The summed E-state index contributed by atoms with van der Waals surface area (Å²) in [6.07, 6.45) is 3.62. The molecule has 0 aliphatic rings. The van der Waals surface area contributed by atoms with E-state index in [0.717, 1.165) is 12.8 Å². The van der Waals surface area contributed by atoms with Crippen LogP contribution >= 0.6 is 0 Å². The molecule has 5 nitrogen and oxygen atoms in total. The Bertz CT molecular complexity index is 375. The summed E-state index contributed by atoms with van der Waals surface area (Å²) in [5.74, 6) is 5.74. The normalized spacial score (nSPS) is 12.3. The molecule has 100 valence electrons. The molecule has 4 N–H and O–H groups in total. The maximum Gasteiger partial charge on any atom is 0.270 e. The lowest BCUT2D eigenvalue weighted by atomic mass is 10.0. The first-order valence-corrected chi connectivity index (χ1v) is 6.26. The van der Waals surface area contributed by atoms with E-state index in [2.05, 4.69) is 29.6 Å². The molecule has 0 spiro atoms. The molecule has 1 heterocycles. The Labute approximate surface area is 108 Å². The number of amides is 1. The van der Waals surface area contributed by atoms with Gasteiger partial charge in [-0.2, -0.15) is 0 Å². The zero-order valence-electron chi connectivity index (χ0n) is 11.2. The topological polar surface area (TPSA) is 80.0 Å². The first-order valence-electron chi connectivity index (χ1n) is 6.26. The average molecular weight is 250 g/mol. The molecule has 0 bridgehead atoms. The number of nitrogens with zero attached hydrogens (tertiary/aromatic N) is 1. The van der Waals surface area contributed by atoms with Gasteiger partial charge in [0.05, 0.1) is 11.9 Å². The van der Waals surface area contributed by atoms with Crippen molar-refractivity contribution in [1.29, 1.82) is 0 Å². The van der Waals surface area contributed by atoms with Crippen LogP contribution in [0.1, 0.15) is 44.1 Å². The summed E-state index contributed by atoms with van der Waals surface area (Å²) in [5, 5.41) is 2.94. The van der Waals surface area contributed by atoms with Gasteiger partial charge in [0.25, 0.3) is 5.91 Å². The van der Waals surface area contributed by atoms with E-state index in [1.54, 1.807) is 12.1 Å². The Morgan fingerprint density at radius 1 is 1.33 bits per heavy atom. The van der Waals surface area contributed by atoms with Crippen LogP contribution in [0.3, 0.4) is 0 Å². The van der Waals surface area contributed by atoms with Crippen molar-refractivity contribution in [3.05, 3.63) is 24.0 Å². The van der Waals surface area contributed by atoms with Crippen molar-refractivity contribution in [2.45, 2.75) is 39.7 Å². The van der Waals surface area contributed by atoms with Gasteiger partial charge in [-0.05, 0) is 37.8 Å². The van der Waals surface area contributed by atoms with Gasteiger partial charge in [-0.1, -0.05) is 13.8 Å². The van der Waals surface area contributed by atoms with Crippen LogP contribution in [0, 0.1) is 5.92 Å². The Kier molecular flexibility index (Phi) is 5.58. The predicted octanol–water partition coefficient (Wildman–Crippen LogP) is 1.92. The van der Waals surface area contributed by atoms with Crippen molar-refractivity contribution in [3.8, 4) is 0 Å². The van der Waals surface area contributed by atoms with Crippen LogP contribution in [0.4, 0.5) is 5.69 Å². The molecule has 0 radical (unpaired) electrons. The minimum Gasteiger partial charge on any atom is -0.348 e. The number of anilines is 1. The highest BCUT2D eigenvalue weighted by atomic mass is 16.1. The van der Waals surface area contributed by atoms with Crippen molar-refractivity contribution in [2.75, 3.05) is 5.43 Å². The average Bonchev–Trinajstić information content (AvgIpc) is 2.36. The number of hydrogen-bond acceptors (Lipinski definition) is 4. The van der Waals surface area contributed by atoms with Crippen LogP contribution in [-0.2, 0) is 0 Å². The van der Waals surface area contributed by atoms with Gasteiger partial charge >= 0.3 is 0 Å². The molecular formula is C13H22N4O. The number of aromatic nitrogens is 1. The molecule has 1 amide bonds. The molecule has 1 atom stereocenters. The number of rotatable bonds is 6. The van der Waals surface area contributed by atoms with E-state index < -0.39 is 0 Å². The summed E-state index contributed by atoms with van der Waals surface area (Å²) in [6, 6.07) is 3.54. The molecule has 0 saturated heterocycles. The van der Waals surface area contributed by atoms with E-state index in [0.29, 0.717) is 17.3 Å². The highest BCUT2D eigenvalue weighted by Crippen LogP contribution is 2.08. The van der Waals surface area contributed by atoms with Gasteiger partial charge in [-0.15, -0.1) is 0 Å². The molecule has 1 aromatic heterocycles. The van der Waals surface area contributed by atoms with Gasteiger partial charge in [0.2, 0.25) is 0 Å². The van der Waals surface area contributed by atoms with E-state index in [9.17, 15) is 4.79 Å². The van der Waals surface area contributed by atoms with Gasteiger partial charge in [0, 0.05) is 6.04 Å². The lowest BCUT2D eigenvalue weighted by Crippen LogP contribution is -2.33. The molecule has 5 heteroatoms. The maximum atomic E-state index is 11.9. The summed E-state index contributed by atoms with van der Waals surface area (Å²) in [4.78, 5) is 15.9. The predicted molar refractivity (Wildman–Crippen MR) is 73.0 cm³/mol. The second-order valence-corrected chi connectivity index (χ2v) is 4.92. The fourth-order valence-corrected chi connectivity index (χ4v) is 1.57. The largest absolute Gasteiger partial charge is 0.348 e. The van der Waals surface area contributed by atoms with Gasteiger partial charge < -0.3 is 10.7 Å². The van der Waals surface area contributed by atoms with Crippen LogP contribution < -0.4 is 16.6 Å². The van der Waals surface area contributed by atoms with E-state index in [-0.39, 0.29) is 11.9 Å². The Morgan fingerprint density at radius 3 is 2.56 bits per heavy atom. The number of pyridine rings is 1. The van der Waals surface area contributed by atoms with Gasteiger partial charge in [0.1, 0.15) is 5.69 Å². The van der Waals surface area contributed by atoms with Crippen LogP contribution in [-0.4, -0.2) is 16.9 Å². The minimum absolute atomic E-state index is 0.144. The third kappa shape index (κ3) is 4.71. The summed E-state index contributed by atoms with van der Waals surface area (Å²) < 4.78 is 0. The Hall–Kier alpha value is -1.62. The first kappa shape index (κ1) is 14.4. The third-order valence-corrected chi connectivity index (χ3v) is 2.72.